The van der Waals surface area contributed by atoms with Gasteiger partial charge in [-0.15, -0.1) is 10.2 Å². The Morgan fingerprint density at radius 2 is 2.33 bits per heavy atom. The number of rotatable bonds is 2. The summed E-state index contributed by atoms with van der Waals surface area (Å²) in [5.74, 6) is 1.01. The van der Waals surface area contributed by atoms with E-state index in [4.69, 9.17) is 5.73 Å². The van der Waals surface area contributed by atoms with E-state index < -0.39 is 0 Å². The second-order valence-corrected chi connectivity index (χ2v) is 5.87. The number of nitrogens with zero attached hydrogens (tertiary/aromatic N) is 4. The van der Waals surface area contributed by atoms with Crippen LogP contribution in [-0.4, -0.2) is 44.2 Å². The summed E-state index contributed by atoms with van der Waals surface area (Å²) in [6.07, 6.45) is 5.06. The third-order valence-electron chi connectivity index (χ3n) is 5.06. The summed E-state index contributed by atoms with van der Waals surface area (Å²) in [5.41, 5.74) is 6.52. The smallest absolute Gasteiger partial charge is 0.324 e. The van der Waals surface area contributed by atoms with E-state index in [0.717, 1.165) is 19.4 Å². The largest absolute Gasteiger partial charge is 0.328 e. The van der Waals surface area contributed by atoms with Crippen molar-refractivity contribution in [2.45, 2.75) is 24.8 Å². The molecular weight excluding hydrogens is 268 g/mol. The topological polar surface area (TPSA) is 88.5 Å². The van der Waals surface area contributed by atoms with E-state index in [-0.39, 0.29) is 11.6 Å². The Bertz CT molecular complexity index is 694. The summed E-state index contributed by atoms with van der Waals surface area (Å²) < 4.78 is 1.77. The van der Waals surface area contributed by atoms with Crippen molar-refractivity contribution in [1.29, 1.82) is 0 Å². The fourth-order valence-electron chi connectivity index (χ4n) is 3.73. The van der Waals surface area contributed by atoms with Crippen molar-refractivity contribution in [1.82, 2.24) is 19.5 Å². The summed E-state index contributed by atoms with van der Waals surface area (Å²) in [7, 11) is 0. The SMILES string of the molecule is NCC12CCC1CCN2C(=O)Nc1nnc2ccccn12. The number of anilines is 1. The highest BCUT2D eigenvalue weighted by molar-refractivity contribution is 5.89. The van der Waals surface area contributed by atoms with Crippen molar-refractivity contribution in [3.8, 4) is 0 Å². The normalized spacial score (nSPS) is 27.5. The Balaban J connectivity index is 1.59. The molecule has 1 saturated heterocycles. The van der Waals surface area contributed by atoms with Crippen molar-refractivity contribution in [2.24, 2.45) is 11.7 Å². The summed E-state index contributed by atoms with van der Waals surface area (Å²) in [4.78, 5) is 14.5. The van der Waals surface area contributed by atoms with Crippen molar-refractivity contribution >= 4 is 17.6 Å². The molecule has 2 atom stereocenters. The minimum atomic E-state index is -0.134. The fraction of sp³-hybridized carbons (Fsp3) is 0.500. The van der Waals surface area contributed by atoms with E-state index in [9.17, 15) is 4.79 Å². The molecule has 2 fully saturated rings. The van der Waals surface area contributed by atoms with Crippen molar-refractivity contribution < 1.29 is 4.79 Å². The van der Waals surface area contributed by atoms with Crippen LogP contribution in [0, 0.1) is 5.92 Å². The molecule has 2 unspecified atom stereocenters. The first kappa shape index (κ1) is 12.6. The van der Waals surface area contributed by atoms with E-state index in [1.165, 1.54) is 6.42 Å². The predicted molar refractivity (Wildman–Crippen MR) is 77.8 cm³/mol. The number of fused-ring (bicyclic) bond motifs is 2. The van der Waals surface area contributed by atoms with E-state index in [2.05, 4.69) is 15.5 Å². The first-order valence-electron chi connectivity index (χ1n) is 7.33. The average Bonchev–Trinajstić information content (AvgIpc) is 2.99. The monoisotopic (exact) mass is 286 g/mol. The van der Waals surface area contributed by atoms with Crippen molar-refractivity contribution in [3.05, 3.63) is 24.4 Å². The molecule has 2 aromatic rings. The van der Waals surface area contributed by atoms with Gasteiger partial charge in [-0.2, -0.15) is 0 Å². The third-order valence-corrected chi connectivity index (χ3v) is 5.06. The van der Waals surface area contributed by atoms with Gasteiger partial charge in [0.05, 0.1) is 5.54 Å². The van der Waals surface area contributed by atoms with Gasteiger partial charge >= 0.3 is 6.03 Å². The lowest BCUT2D eigenvalue weighted by Gasteiger charge is -2.49. The molecule has 2 aliphatic rings. The van der Waals surface area contributed by atoms with Crippen LogP contribution in [0.5, 0.6) is 0 Å². The third kappa shape index (κ3) is 1.67. The summed E-state index contributed by atoms with van der Waals surface area (Å²) in [5, 5.41) is 11.0. The highest BCUT2D eigenvalue weighted by Gasteiger charge is 2.55. The number of hydrogen-bond acceptors (Lipinski definition) is 4. The number of carbonyl (C=O) groups excluding carboxylic acids is 1. The number of nitrogens with two attached hydrogens (primary N) is 1. The highest BCUT2D eigenvalue weighted by atomic mass is 16.2. The van der Waals surface area contributed by atoms with Crippen LogP contribution in [0.1, 0.15) is 19.3 Å². The van der Waals surface area contributed by atoms with Gasteiger partial charge in [-0.1, -0.05) is 6.07 Å². The lowest BCUT2D eigenvalue weighted by Crippen LogP contribution is -2.61. The first-order valence-corrected chi connectivity index (χ1v) is 7.33. The number of urea groups is 1. The number of likely N-dealkylation sites (tertiary alicyclic amines) is 1. The maximum Gasteiger partial charge on any atom is 0.324 e. The minimum absolute atomic E-state index is 0.124. The molecule has 0 bridgehead atoms. The molecule has 3 N–H and O–H groups in total. The lowest BCUT2D eigenvalue weighted by molar-refractivity contribution is 0.0556. The quantitative estimate of drug-likeness (QED) is 0.864. The van der Waals surface area contributed by atoms with Gasteiger partial charge in [0.2, 0.25) is 5.95 Å². The summed E-state index contributed by atoms with van der Waals surface area (Å²) in [6.45, 7) is 1.30. The maximum absolute atomic E-state index is 12.6. The van der Waals surface area contributed by atoms with E-state index in [1.54, 1.807) is 4.40 Å². The van der Waals surface area contributed by atoms with Crippen LogP contribution in [0.15, 0.2) is 24.4 Å². The predicted octanol–water partition coefficient (Wildman–Crippen LogP) is 1.07. The second kappa shape index (κ2) is 4.42. The summed E-state index contributed by atoms with van der Waals surface area (Å²) in [6, 6.07) is 5.49. The Kier molecular flexibility index (Phi) is 2.65. The molecule has 110 valence electrons. The van der Waals surface area contributed by atoms with Gasteiger partial charge < -0.3 is 10.6 Å². The van der Waals surface area contributed by atoms with Crippen LogP contribution in [0.2, 0.25) is 0 Å². The molecule has 1 aliphatic carbocycles. The Hall–Kier alpha value is -2.15. The van der Waals surface area contributed by atoms with Crippen LogP contribution in [0.25, 0.3) is 5.65 Å². The Morgan fingerprint density at radius 3 is 3.10 bits per heavy atom. The summed E-state index contributed by atoms with van der Waals surface area (Å²) >= 11 is 0. The number of pyridine rings is 1. The standard InChI is InChI=1S/C14H18N6O/c15-9-14-6-4-10(14)5-8-20(14)13(21)16-12-18-17-11-3-1-2-7-19(11)12/h1-3,7,10H,4-6,8-9,15H2,(H,16,18,21). The van der Waals surface area contributed by atoms with Gasteiger partial charge in [-0.05, 0) is 37.3 Å². The highest BCUT2D eigenvalue weighted by Crippen LogP contribution is 2.49. The van der Waals surface area contributed by atoms with Crippen LogP contribution in [-0.2, 0) is 0 Å². The number of carbonyl (C=O) groups is 1. The van der Waals surface area contributed by atoms with Crippen LogP contribution in [0.4, 0.5) is 10.7 Å². The fourth-order valence-corrected chi connectivity index (χ4v) is 3.73. The molecule has 1 saturated carbocycles. The molecule has 2 aromatic heterocycles. The zero-order valence-corrected chi connectivity index (χ0v) is 11.7. The van der Waals surface area contributed by atoms with Gasteiger partial charge in [0.15, 0.2) is 5.65 Å². The zero-order valence-electron chi connectivity index (χ0n) is 11.7. The molecule has 0 spiro atoms. The van der Waals surface area contributed by atoms with Gasteiger partial charge in [0, 0.05) is 19.3 Å². The first-order chi connectivity index (χ1) is 10.2. The molecule has 0 radical (unpaired) electrons. The van der Waals surface area contributed by atoms with Crippen LogP contribution < -0.4 is 11.1 Å². The molecule has 2 amide bonds. The maximum atomic E-state index is 12.6. The lowest BCUT2D eigenvalue weighted by atomic mass is 9.67. The van der Waals surface area contributed by atoms with Gasteiger partial charge in [-0.25, -0.2) is 4.79 Å². The van der Waals surface area contributed by atoms with E-state index in [0.29, 0.717) is 24.1 Å². The van der Waals surface area contributed by atoms with E-state index in [1.807, 2.05) is 29.3 Å². The van der Waals surface area contributed by atoms with Gasteiger partial charge in [0.1, 0.15) is 0 Å². The minimum Gasteiger partial charge on any atom is -0.328 e. The molecule has 21 heavy (non-hydrogen) atoms. The molecule has 3 heterocycles. The molecule has 4 rings (SSSR count). The zero-order chi connectivity index (χ0) is 14.4. The number of nitrogens with one attached hydrogen (secondary N) is 1. The number of aromatic nitrogens is 3. The van der Waals surface area contributed by atoms with Gasteiger partial charge in [-0.3, -0.25) is 9.72 Å². The van der Waals surface area contributed by atoms with Crippen molar-refractivity contribution in [2.75, 3.05) is 18.4 Å². The molecule has 7 heteroatoms. The molecule has 7 nitrogen and oxygen atoms in total. The van der Waals surface area contributed by atoms with Gasteiger partial charge in [0.25, 0.3) is 0 Å². The van der Waals surface area contributed by atoms with Crippen LogP contribution in [0.3, 0.4) is 0 Å². The van der Waals surface area contributed by atoms with Crippen LogP contribution >= 0.6 is 0 Å². The Morgan fingerprint density at radius 1 is 1.43 bits per heavy atom. The second-order valence-electron chi connectivity index (χ2n) is 5.87. The van der Waals surface area contributed by atoms with E-state index >= 15 is 0 Å². The number of hydrogen-bond donors (Lipinski definition) is 2. The molecule has 0 aromatic carbocycles. The molecule has 1 aliphatic heterocycles. The Labute approximate surface area is 122 Å². The average molecular weight is 286 g/mol. The van der Waals surface area contributed by atoms with Crippen molar-refractivity contribution in [3.63, 3.8) is 0 Å². The number of amides is 2. The molecular formula is C14H18N6O.